The van der Waals surface area contributed by atoms with E-state index in [9.17, 15) is 19.4 Å². The van der Waals surface area contributed by atoms with E-state index < -0.39 is 25.0 Å². The molecule has 0 aliphatic carbocycles. The maximum atomic E-state index is 10.5. The normalized spacial score (nSPS) is 9.60. The Balaban J connectivity index is 2.91. The van der Waals surface area contributed by atoms with Gasteiger partial charge >= 0.3 is 11.9 Å². The van der Waals surface area contributed by atoms with Gasteiger partial charge in [-0.2, -0.15) is 0 Å². The predicted molar refractivity (Wildman–Crippen MR) is 68.0 cm³/mol. The zero-order valence-corrected chi connectivity index (χ0v) is 10.0. The van der Waals surface area contributed by atoms with E-state index in [-0.39, 0.29) is 11.4 Å². The number of anilines is 2. The quantitative estimate of drug-likeness (QED) is 0.527. The van der Waals surface area contributed by atoms with E-state index in [0.29, 0.717) is 10.0 Å². The fraction of sp³-hybridized carbons (Fsp3) is 0.200. The van der Waals surface area contributed by atoms with Crippen molar-refractivity contribution < 1.29 is 19.8 Å². The van der Waals surface area contributed by atoms with Gasteiger partial charge in [-0.05, 0) is 24.3 Å². The Kier molecular flexibility index (Phi) is 5.09. The maximum absolute atomic E-state index is 10.5. The lowest BCUT2D eigenvalue weighted by Crippen LogP contribution is -2.25. The van der Waals surface area contributed by atoms with Crippen molar-refractivity contribution in [2.75, 3.05) is 23.1 Å². The summed E-state index contributed by atoms with van der Waals surface area (Å²) in [5.74, 6) is -2.48. The highest BCUT2D eigenvalue weighted by Crippen LogP contribution is 2.21. The number of nitrogens with zero attached hydrogens (tertiary/aromatic N) is 4. The number of nitroso groups, excluding NO2 is 2. The minimum atomic E-state index is -1.24. The van der Waals surface area contributed by atoms with Gasteiger partial charge < -0.3 is 10.2 Å². The summed E-state index contributed by atoms with van der Waals surface area (Å²) in [6.07, 6.45) is 0. The SMILES string of the molecule is O=NN(CC(=O)O)c1ccc(N(CC(=O)O)N=O)cc1. The fourth-order valence-electron chi connectivity index (χ4n) is 1.39. The predicted octanol–water partition coefficient (Wildman–Crippen LogP) is 0.831. The lowest BCUT2D eigenvalue weighted by Gasteiger charge is -2.15. The Morgan fingerprint density at radius 1 is 0.850 bits per heavy atom. The summed E-state index contributed by atoms with van der Waals surface area (Å²) >= 11 is 0. The third kappa shape index (κ3) is 4.01. The molecule has 2 N–H and O–H groups in total. The topological polar surface area (TPSA) is 140 Å². The van der Waals surface area contributed by atoms with Crippen LogP contribution in [0, 0.1) is 9.81 Å². The minimum Gasteiger partial charge on any atom is -0.480 e. The summed E-state index contributed by atoms with van der Waals surface area (Å²) in [5.41, 5.74) is 0.375. The highest BCUT2D eigenvalue weighted by molar-refractivity contribution is 5.75. The van der Waals surface area contributed by atoms with Crippen molar-refractivity contribution in [3.05, 3.63) is 34.1 Å². The summed E-state index contributed by atoms with van der Waals surface area (Å²) in [4.78, 5) is 42.1. The van der Waals surface area contributed by atoms with Crippen LogP contribution in [0.1, 0.15) is 0 Å². The van der Waals surface area contributed by atoms with Crippen molar-refractivity contribution >= 4 is 23.3 Å². The standard InChI is InChI=1S/C10H10N4O6/c15-9(16)5-13(11-19)7-1-2-8(4-3-7)14(12-20)6-10(17)18/h1-4H,5-6H2,(H,15,16)(H,17,18). The minimum absolute atomic E-state index is 0.187. The van der Waals surface area contributed by atoms with Gasteiger partial charge in [-0.3, -0.25) is 9.59 Å². The van der Waals surface area contributed by atoms with Gasteiger partial charge in [-0.15, -0.1) is 9.81 Å². The second-order valence-corrected chi connectivity index (χ2v) is 3.58. The molecule has 0 aromatic heterocycles. The Hall–Kier alpha value is -3.04. The molecule has 1 aromatic rings. The largest absolute Gasteiger partial charge is 0.480 e. The third-order valence-corrected chi connectivity index (χ3v) is 2.21. The van der Waals surface area contributed by atoms with Crippen LogP contribution >= 0.6 is 0 Å². The van der Waals surface area contributed by atoms with Crippen LogP contribution in [0.2, 0.25) is 0 Å². The molecular formula is C10H10N4O6. The number of hydrogen-bond acceptors (Lipinski definition) is 6. The first-order chi connectivity index (χ1) is 9.47. The van der Waals surface area contributed by atoms with E-state index in [1.807, 2.05) is 0 Å². The van der Waals surface area contributed by atoms with Crippen molar-refractivity contribution in [2.45, 2.75) is 0 Å². The lowest BCUT2D eigenvalue weighted by molar-refractivity contribution is -0.136. The maximum Gasteiger partial charge on any atom is 0.325 e. The van der Waals surface area contributed by atoms with Crippen LogP contribution in [0.15, 0.2) is 34.8 Å². The number of aliphatic carboxylic acids is 2. The molecule has 0 heterocycles. The molecule has 0 unspecified atom stereocenters. The Labute approximate surface area is 112 Å². The molecule has 0 aliphatic heterocycles. The van der Waals surface area contributed by atoms with Gasteiger partial charge in [-0.25, -0.2) is 10.0 Å². The first-order valence-electron chi connectivity index (χ1n) is 5.23. The van der Waals surface area contributed by atoms with Gasteiger partial charge in [0.15, 0.2) is 0 Å². The summed E-state index contributed by atoms with van der Waals surface area (Å²) in [5, 5.41) is 23.7. The molecular weight excluding hydrogens is 272 g/mol. The van der Waals surface area contributed by atoms with E-state index in [4.69, 9.17) is 10.2 Å². The first-order valence-corrected chi connectivity index (χ1v) is 5.23. The summed E-state index contributed by atoms with van der Waals surface area (Å²) in [6.45, 7) is -1.23. The van der Waals surface area contributed by atoms with E-state index in [1.54, 1.807) is 0 Å². The number of carboxylic acids is 2. The Bertz CT molecular complexity index is 470. The van der Waals surface area contributed by atoms with E-state index >= 15 is 0 Å². The smallest absolute Gasteiger partial charge is 0.325 e. The van der Waals surface area contributed by atoms with Crippen LogP contribution in [0.5, 0.6) is 0 Å². The Morgan fingerprint density at radius 2 is 1.15 bits per heavy atom. The molecule has 106 valence electrons. The highest BCUT2D eigenvalue weighted by atomic mass is 16.4. The molecule has 0 bridgehead atoms. The van der Waals surface area contributed by atoms with Gasteiger partial charge in [0.05, 0.1) is 21.9 Å². The van der Waals surface area contributed by atoms with Crippen molar-refractivity contribution in [3.8, 4) is 0 Å². The zero-order valence-electron chi connectivity index (χ0n) is 10.0. The van der Waals surface area contributed by atoms with Gasteiger partial charge in [-0.1, -0.05) is 0 Å². The zero-order chi connectivity index (χ0) is 15.1. The van der Waals surface area contributed by atoms with Gasteiger partial charge in [0.25, 0.3) is 0 Å². The molecule has 0 fully saturated rings. The number of benzene rings is 1. The molecule has 0 atom stereocenters. The van der Waals surface area contributed by atoms with Crippen molar-refractivity contribution in [3.63, 3.8) is 0 Å². The van der Waals surface area contributed by atoms with Crippen LogP contribution in [0.25, 0.3) is 0 Å². The Morgan fingerprint density at radius 3 is 1.35 bits per heavy atom. The van der Waals surface area contributed by atoms with Crippen LogP contribution in [0.3, 0.4) is 0 Å². The van der Waals surface area contributed by atoms with Gasteiger partial charge in [0.2, 0.25) is 0 Å². The van der Waals surface area contributed by atoms with Gasteiger partial charge in [0, 0.05) is 0 Å². The van der Waals surface area contributed by atoms with Crippen LogP contribution in [0.4, 0.5) is 11.4 Å². The fourth-order valence-corrected chi connectivity index (χ4v) is 1.39. The van der Waals surface area contributed by atoms with Crippen molar-refractivity contribution in [2.24, 2.45) is 10.6 Å². The molecule has 0 saturated heterocycles. The molecule has 0 radical (unpaired) electrons. The molecule has 1 rings (SSSR count). The van der Waals surface area contributed by atoms with E-state index in [2.05, 4.69) is 10.6 Å². The monoisotopic (exact) mass is 282 g/mol. The molecule has 0 saturated carbocycles. The second-order valence-electron chi connectivity index (χ2n) is 3.58. The number of rotatable bonds is 8. The van der Waals surface area contributed by atoms with Crippen LogP contribution in [-0.2, 0) is 9.59 Å². The molecule has 10 nitrogen and oxygen atoms in total. The highest BCUT2D eigenvalue weighted by Gasteiger charge is 2.14. The lowest BCUT2D eigenvalue weighted by atomic mass is 10.2. The van der Waals surface area contributed by atoms with Crippen molar-refractivity contribution in [1.82, 2.24) is 0 Å². The van der Waals surface area contributed by atoms with E-state index in [0.717, 1.165) is 0 Å². The first kappa shape index (κ1) is 15.0. The molecule has 0 amide bonds. The molecule has 0 spiro atoms. The molecule has 20 heavy (non-hydrogen) atoms. The summed E-state index contributed by atoms with van der Waals surface area (Å²) in [7, 11) is 0. The van der Waals surface area contributed by atoms with Gasteiger partial charge in [0.1, 0.15) is 13.1 Å². The average molecular weight is 282 g/mol. The second kappa shape index (κ2) is 6.78. The molecule has 0 aliphatic rings. The number of carboxylic acid groups (broad SMARTS) is 2. The number of carbonyl (C=O) groups is 2. The van der Waals surface area contributed by atoms with Crippen molar-refractivity contribution in [1.29, 1.82) is 0 Å². The summed E-state index contributed by atoms with van der Waals surface area (Å²) < 4.78 is 0. The summed E-state index contributed by atoms with van der Waals surface area (Å²) in [6, 6.07) is 5.28. The molecule has 1 aromatic carbocycles. The average Bonchev–Trinajstić information content (AvgIpc) is 2.42. The van der Waals surface area contributed by atoms with Crippen LogP contribution < -0.4 is 10.0 Å². The number of hydrogen-bond donors (Lipinski definition) is 2. The van der Waals surface area contributed by atoms with Crippen LogP contribution in [-0.4, -0.2) is 35.2 Å². The molecule has 10 heteroatoms. The van der Waals surface area contributed by atoms with E-state index in [1.165, 1.54) is 24.3 Å². The third-order valence-electron chi connectivity index (χ3n) is 2.21.